The summed E-state index contributed by atoms with van der Waals surface area (Å²) in [6.07, 6.45) is 0.746. The van der Waals surface area contributed by atoms with Gasteiger partial charge in [-0.05, 0) is 37.1 Å². The first-order valence-corrected chi connectivity index (χ1v) is 6.94. The number of aliphatic carboxylic acids is 1. The van der Waals surface area contributed by atoms with Gasteiger partial charge in [0.25, 0.3) is 5.91 Å². The summed E-state index contributed by atoms with van der Waals surface area (Å²) in [6, 6.07) is 5.91. The smallest absolute Gasteiger partial charge is 0.305 e. The highest BCUT2D eigenvalue weighted by Gasteiger charge is 2.36. The third-order valence-corrected chi connectivity index (χ3v) is 3.75. The molecule has 0 radical (unpaired) electrons. The Bertz CT molecular complexity index is 576. The average Bonchev–Trinajstić information content (AvgIpc) is 2.47. The molecule has 1 heterocycles. The number of primary amides is 1. The Morgan fingerprint density at radius 2 is 1.68 bits per heavy atom. The van der Waals surface area contributed by atoms with Crippen LogP contribution in [0.25, 0.3) is 0 Å². The fourth-order valence-corrected chi connectivity index (χ4v) is 2.50. The van der Waals surface area contributed by atoms with Crippen molar-refractivity contribution in [3.05, 3.63) is 35.4 Å². The molecule has 1 fully saturated rings. The Labute approximate surface area is 127 Å². The third-order valence-electron chi connectivity index (χ3n) is 3.75. The number of hydrogen-bond donors (Lipinski definition) is 3. The Hall–Kier alpha value is -2.41. The van der Waals surface area contributed by atoms with Crippen molar-refractivity contribution in [2.45, 2.75) is 24.8 Å². The zero-order valence-electron chi connectivity index (χ0n) is 12.0. The van der Waals surface area contributed by atoms with Gasteiger partial charge < -0.3 is 20.9 Å². The number of benzene rings is 1. The topological polar surface area (TPSA) is 119 Å². The van der Waals surface area contributed by atoms with E-state index in [4.69, 9.17) is 15.6 Å². The van der Waals surface area contributed by atoms with Gasteiger partial charge in [0.15, 0.2) is 0 Å². The predicted octanol–water partition coefficient (Wildman–Crippen LogP) is 0.539. The summed E-state index contributed by atoms with van der Waals surface area (Å²) in [5, 5.41) is 11.9. The van der Waals surface area contributed by atoms with Crippen LogP contribution in [0, 0.1) is 0 Å². The summed E-state index contributed by atoms with van der Waals surface area (Å²) in [4.78, 5) is 34.4. The van der Waals surface area contributed by atoms with Crippen molar-refractivity contribution >= 4 is 17.8 Å². The molecule has 118 valence electrons. The lowest BCUT2D eigenvalue weighted by atomic mass is 9.86. The zero-order chi connectivity index (χ0) is 16.2. The number of carboxylic acid groups (broad SMARTS) is 1. The normalized spacial score (nSPS) is 16.7. The number of rotatable bonds is 5. The van der Waals surface area contributed by atoms with E-state index in [0.717, 1.165) is 0 Å². The molecule has 22 heavy (non-hydrogen) atoms. The van der Waals surface area contributed by atoms with Gasteiger partial charge in [-0.2, -0.15) is 0 Å². The van der Waals surface area contributed by atoms with Gasteiger partial charge >= 0.3 is 5.97 Å². The molecule has 7 nitrogen and oxygen atoms in total. The molecule has 1 aromatic rings. The molecule has 0 spiro atoms. The molecule has 1 aliphatic heterocycles. The summed E-state index contributed by atoms with van der Waals surface area (Å²) < 4.78 is 5.24. The van der Waals surface area contributed by atoms with Gasteiger partial charge in [-0.25, -0.2) is 0 Å². The number of amides is 2. The lowest BCUT2D eigenvalue weighted by molar-refractivity contribution is -0.139. The predicted molar refractivity (Wildman–Crippen MR) is 77.5 cm³/mol. The van der Waals surface area contributed by atoms with Crippen LogP contribution in [0.15, 0.2) is 24.3 Å². The van der Waals surface area contributed by atoms with E-state index >= 15 is 0 Å². The maximum Gasteiger partial charge on any atom is 0.305 e. The highest BCUT2D eigenvalue weighted by atomic mass is 16.5. The van der Waals surface area contributed by atoms with E-state index < -0.39 is 17.4 Å². The summed E-state index contributed by atoms with van der Waals surface area (Å²) in [6.45, 7) is 0.822. The van der Waals surface area contributed by atoms with Crippen molar-refractivity contribution in [2.75, 3.05) is 13.2 Å². The van der Waals surface area contributed by atoms with E-state index in [1.807, 2.05) is 0 Å². The second-order valence-corrected chi connectivity index (χ2v) is 5.36. The lowest BCUT2D eigenvalue weighted by Gasteiger charge is -2.36. The van der Waals surface area contributed by atoms with Gasteiger partial charge in [-0.1, -0.05) is 0 Å². The molecule has 0 aliphatic carbocycles. The fraction of sp³-hybridized carbons (Fsp3) is 0.400. The Balaban J connectivity index is 2.13. The first-order chi connectivity index (χ1) is 10.4. The number of nitrogens with one attached hydrogen (secondary N) is 1. The average molecular weight is 306 g/mol. The SMILES string of the molecule is NC(=O)c1ccc(C(=O)NC2(CC(=O)O)CCOCC2)cc1. The minimum Gasteiger partial charge on any atom is -0.481 e. The molecule has 1 aliphatic rings. The van der Waals surface area contributed by atoms with E-state index in [-0.39, 0.29) is 12.3 Å². The van der Waals surface area contributed by atoms with Gasteiger partial charge in [0.2, 0.25) is 5.91 Å². The molecule has 7 heteroatoms. The third kappa shape index (κ3) is 3.82. The minimum absolute atomic E-state index is 0.151. The largest absolute Gasteiger partial charge is 0.481 e. The number of carboxylic acids is 1. The quantitative estimate of drug-likeness (QED) is 0.733. The van der Waals surface area contributed by atoms with Gasteiger partial charge in [0.1, 0.15) is 0 Å². The second kappa shape index (κ2) is 6.57. The maximum atomic E-state index is 12.3. The van der Waals surface area contributed by atoms with Crippen LogP contribution in [0.3, 0.4) is 0 Å². The van der Waals surface area contributed by atoms with Crippen LogP contribution in [-0.4, -0.2) is 41.6 Å². The maximum absolute atomic E-state index is 12.3. The summed E-state index contributed by atoms with van der Waals surface area (Å²) >= 11 is 0. The molecule has 1 saturated heterocycles. The van der Waals surface area contributed by atoms with Crippen LogP contribution >= 0.6 is 0 Å². The van der Waals surface area contributed by atoms with Crippen molar-refractivity contribution in [1.29, 1.82) is 0 Å². The van der Waals surface area contributed by atoms with Gasteiger partial charge in [-0.3, -0.25) is 14.4 Å². The van der Waals surface area contributed by atoms with E-state index in [1.165, 1.54) is 24.3 Å². The molecule has 4 N–H and O–H groups in total. The van der Waals surface area contributed by atoms with Crippen molar-refractivity contribution in [3.8, 4) is 0 Å². The van der Waals surface area contributed by atoms with Gasteiger partial charge in [-0.15, -0.1) is 0 Å². The fourth-order valence-electron chi connectivity index (χ4n) is 2.50. The Morgan fingerprint density at radius 1 is 1.14 bits per heavy atom. The van der Waals surface area contributed by atoms with E-state index in [0.29, 0.717) is 37.2 Å². The van der Waals surface area contributed by atoms with E-state index in [2.05, 4.69) is 5.32 Å². The molecule has 0 aromatic heterocycles. The first-order valence-electron chi connectivity index (χ1n) is 6.94. The molecule has 0 saturated carbocycles. The summed E-state index contributed by atoms with van der Waals surface area (Å²) in [7, 11) is 0. The Morgan fingerprint density at radius 3 is 2.18 bits per heavy atom. The number of carbonyl (C=O) groups is 3. The highest BCUT2D eigenvalue weighted by Crippen LogP contribution is 2.25. The number of nitrogens with two attached hydrogens (primary N) is 1. The number of hydrogen-bond acceptors (Lipinski definition) is 4. The lowest BCUT2D eigenvalue weighted by Crippen LogP contribution is -2.53. The van der Waals surface area contributed by atoms with Crippen LogP contribution in [0.2, 0.25) is 0 Å². The molecule has 0 unspecified atom stereocenters. The Kier molecular flexibility index (Phi) is 4.77. The minimum atomic E-state index is -0.966. The molecule has 0 atom stereocenters. The molecule has 0 bridgehead atoms. The molecule has 2 amide bonds. The second-order valence-electron chi connectivity index (χ2n) is 5.36. The molecule has 2 rings (SSSR count). The van der Waals surface area contributed by atoms with Crippen molar-refractivity contribution in [1.82, 2.24) is 5.32 Å². The number of ether oxygens (including phenoxy) is 1. The summed E-state index contributed by atoms with van der Waals surface area (Å²) in [5.74, 6) is -1.91. The molecule has 1 aromatic carbocycles. The monoisotopic (exact) mass is 306 g/mol. The van der Waals surface area contributed by atoms with E-state index in [1.54, 1.807) is 0 Å². The van der Waals surface area contributed by atoms with Crippen LogP contribution < -0.4 is 11.1 Å². The van der Waals surface area contributed by atoms with Crippen molar-refractivity contribution < 1.29 is 24.2 Å². The highest BCUT2D eigenvalue weighted by molar-refractivity contribution is 5.97. The van der Waals surface area contributed by atoms with Gasteiger partial charge in [0, 0.05) is 24.3 Å². The van der Waals surface area contributed by atoms with Gasteiger partial charge in [0.05, 0.1) is 12.0 Å². The van der Waals surface area contributed by atoms with Crippen molar-refractivity contribution in [2.24, 2.45) is 5.73 Å². The number of carbonyl (C=O) groups excluding carboxylic acids is 2. The first kappa shape index (κ1) is 16.0. The standard InChI is InChI=1S/C15H18N2O5/c16-13(20)10-1-3-11(4-2-10)14(21)17-15(9-12(18)19)5-7-22-8-6-15/h1-4H,5-9H2,(H2,16,20)(H,17,21)(H,18,19). The van der Waals surface area contributed by atoms with E-state index in [9.17, 15) is 14.4 Å². The van der Waals surface area contributed by atoms with Crippen molar-refractivity contribution in [3.63, 3.8) is 0 Å². The van der Waals surface area contributed by atoms with Crippen LogP contribution in [0.4, 0.5) is 0 Å². The van der Waals surface area contributed by atoms with Crippen LogP contribution in [0.1, 0.15) is 40.0 Å². The molecular formula is C15H18N2O5. The molecular weight excluding hydrogens is 288 g/mol. The van der Waals surface area contributed by atoms with Crippen LogP contribution in [0.5, 0.6) is 0 Å². The summed E-state index contributed by atoms with van der Waals surface area (Å²) in [5.41, 5.74) is 5.00. The zero-order valence-corrected chi connectivity index (χ0v) is 12.0. The van der Waals surface area contributed by atoms with Crippen LogP contribution in [-0.2, 0) is 9.53 Å².